The first-order valence-electron chi connectivity index (χ1n) is 8.53. The minimum atomic E-state index is -0.986. The van der Waals surface area contributed by atoms with E-state index in [0.29, 0.717) is 45.4 Å². The fourth-order valence-electron chi connectivity index (χ4n) is 3.69. The summed E-state index contributed by atoms with van der Waals surface area (Å²) in [6.45, 7) is 0.549. The molecule has 4 rings (SSSR count). The summed E-state index contributed by atoms with van der Waals surface area (Å²) in [5, 5.41) is 13.3. The average Bonchev–Trinajstić information content (AvgIpc) is 3.02. The van der Waals surface area contributed by atoms with Crippen molar-refractivity contribution in [2.45, 2.75) is 18.9 Å². The summed E-state index contributed by atoms with van der Waals surface area (Å²) in [5.74, 6) is -1.10. The van der Waals surface area contributed by atoms with E-state index in [2.05, 4.69) is 5.32 Å². The van der Waals surface area contributed by atoms with E-state index in [1.807, 2.05) is 30.3 Å². The number of para-hydroxylation sites is 1. The molecule has 1 fully saturated rings. The van der Waals surface area contributed by atoms with E-state index >= 15 is 0 Å². The number of rotatable bonds is 2. The van der Waals surface area contributed by atoms with Crippen LogP contribution in [0.5, 0.6) is 0 Å². The Morgan fingerprint density at radius 3 is 2.59 bits per heavy atom. The summed E-state index contributed by atoms with van der Waals surface area (Å²) in [7, 11) is 0. The second kappa shape index (κ2) is 6.91. The first-order chi connectivity index (χ1) is 13.0. The molecule has 2 aromatic carbocycles. The molecule has 2 aliphatic rings. The molecule has 1 saturated heterocycles. The van der Waals surface area contributed by atoms with Gasteiger partial charge in [0.15, 0.2) is 0 Å². The number of amides is 1. The highest BCUT2D eigenvalue weighted by Crippen LogP contribution is 2.44. The van der Waals surface area contributed by atoms with E-state index in [1.54, 1.807) is 17.0 Å². The predicted molar refractivity (Wildman–Crippen MR) is 106 cm³/mol. The van der Waals surface area contributed by atoms with Crippen molar-refractivity contribution >= 4 is 52.0 Å². The summed E-state index contributed by atoms with van der Waals surface area (Å²) < 4.78 is 0. The molecule has 0 saturated carbocycles. The summed E-state index contributed by atoms with van der Waals surface area (Å²) in [4.78, 5) is 26.4. The largest absolute Gasteiger partial charge is 0.480 e. The number of fused-ring (bicyclic) bond motifs is 1. The Bertz CT molecular complexity index is 973. The van der Waals surface area contributed by atoms with Gasteiger partial charge in [-0.05, 0) is 36.3 Å². The highest BCUT2D eigenvalue weighted by Gasteiger charge is 2.36. The summed E-state index contributed by atoms with van der Waals surface area (Å²) >= 11 is 12.5. The second-order valence-electron chi connectivity index (χ2n) is 6.55. The maximum atomic E-state index is 13.1. The van der Waals surface area contributed by atoms with Crippen molar-refractivity contribution < 1.29 is 14.7 Å². The van der Waals surface area contributed by atoms with Crippen LogP contribution in [0.15, 0.2) is 48.0 Å². The molecule has 1 unspecified atom stereocenters. The second-order valence-corrected chi connectivity index (χ2v) is 7.39. The summed E-state index contributed by atoms with van der Waals surface area (Å²) in [6, 6.07) is 11.8. The monoisotopic (exact) mass is 402 g/mol. The van der Waals surface area contributed by atoms with Crippen molar-refractivity contribution in [3.05, 3.63) is 63.6 Å². The molecule has 2 N–H and O–H groups in total. The Hall–Kier alpha value is -2.50. The number of carboxylic acid groups (broad SMARTS) is 1. The number of nitrogens with one attached hydrogen (secondary N) is 1. The highest BCUT2D eigenvalue weighted by atomic mass is 35.5. The third kappa shape index (κ3) is 3.17. The lowest BCUT2D eigenvalue weighted by Gasteiger charge is -2.28. The minimum absolute atomic E-state index is 0.112. The van der Waals surface area contributed by atoms with Crippen LogP contribution < -0.4 is 10.2 Å². The lowest BCUT2D eigenvalue weighted by molar-refractivity contribution is -0.137. The Labute approximate surface area is 166 Å². The molecular formula is C20H16Cl2N2O3. The van der Waals surface area contributed by atoms with Crippen molar-refractivity contribution in [2.75, 3.05) is 16.8 Å². The number of carboxylic acids is 1. The van der Waals surface area contributed by atoms with Gasteiger partial charge >= 0.3 is 5.97 Å². The normalized spacial score (nSPS) is 21.8. The number of benzene rings is 2. The van der Waals surface area contributed by atoms with Gasteiger partial charge in [-0.15, -0.1) is 0 Å². The smallest absolute Gasteiger partial charge is 0.326 e. The molecule has 138 valence electrons. The van der Waals surface area contributed by atoms with Crippen LogP contribution in [0.25, 0.3) is 5.57 Å². The first-order valence-corrected chi connectivity index (χ1v) is 9.29. The van der Waals surface area contributed by atoms with Gasteiger partial charge < -0.3 is 15.3 Å². The number of nitrogens with zero attached hydrogens (tertiary/aromatic N) is 1. The van der Waals surface area contributed by atoms with Crippen molar-refractivity contribution in [3.8, 4) is 0 Å². The lowest BCUT2D eigenvalue weighted by Crippen LogP contribution is -2.33. The van der Waals surface area contributed by atoms with Gasteiger partial charge in [0, 0.05) is 40.5 Å². The van der Waals surface area contributed by atoms with Gasteiger partial charge in [-0.2, -0.15) is 0 Å². The Kier molecular flexibility index (Phi) is 4.58. The topological polar surface area (TPSA) is 69.6 Å². The predicted octanol–water partition coefficient (Wildman–Crippen LogP) is 4.45. The van der Waals surface area contributed by atoms with Crippen LogP contribution in [0.2, 0.25) is 10.0 Å². The molecule has 27 heavy (non-hydrogen) atoms. The maximum Gasteiger partial charge on any atom is 0.326 e. The zero-order valence-corrected chi connectivity index (χ0v) is 15.7. The van der Waals surface area contributed by atoms with Crippen molar-refractivity contribution in [1.82, 2.24) is 0 Å². The quantitative estimate of drug-likeness (QED) is 0.727. The Balaban J connectivity index is 1.83. The number of carbonyl (C=O) groups excluding carboxylic acids is 1. The van der Waals surface area contributed by atoms with Gasteiger partial charge in [-0.25, -0.2) is 4.79 Å². The minimum Gasteiger partial charge on any atom is -0.480 e. The van der Waals surface area contributed by atoms with Gasteiger partial charge in [-0.1, -0.05) is 41.4 Å². The van der Waals surface area contributed by atoms with Crippen LogP contribution in [-0.4, -0.2) is 29.6 Å². The van der Waals surface area contributed by atoms with Crippen LogP contribution in [0.4, 0.5) is 11.4 Å². The van der Waals surface area contributed by atoms with Crippen LogP contribution in [0, 0.1) is 0 Å². The van der Waals surface area contributed by atoms with Crippen LogP contribution in [-0.2, 0) is 9.59 Å². The van der Waals surface area contributed by atoms with E-state index < -0.39 is 12.0 Å². The maximum absolute atomic E-state index is 13.1. The number of carbonyl (C=O) groups is 2. The molecule has 0 spiro atoms. The Morgan fingerprint density at radius 1 is 1.15 bits per heavy atom. The molecule has 0 aliphatic carbocycles. The molecule has 2 aromatic rings. The average molecular weight is 403 g/mol. The van der Waals surface area contributed by atoms with Gasteiger partial charge in [-0.3, -0.25) is 4.79 Å². The molecule has 0 bridgehead atoms. The zero-order chi connectivity index (χ0) is 19.1. The number of halogens is 2. The number of aliphatic carboxylic acids is 1. The van der Waals surface area contributed by atoms with Crippen molar-refractivity contribution in [2.24, 2.45) is 0 Å². The summed E-state index contributed by atoms with van der Waals surface area (Å²) in [5.41, 5.74) is 3.32. The molecule has 5 nitrogen and oxygen atoms in total. The number of anilines is 2. The van der Waals surface area contributed by atoms with Gasteiger partial charge in [0.2, 0.25) is 0 Å². The van der Waals surface area contributed by atoms with E-state index in [0.717, 1.165) is 5.69 Å². The van der Waals surface area contributed by atoms with E-state index in [1.165, 1.54) is 0 Å². The van der Waals surface area contributed by atoms with E-state index in [4.69, 9.17) is 23.2 Å². The fraction of sp³-hybridized carbons (Fsp3) is 0.200. The lowest BCUT2D eigenvalue weighted by atomic mass is 9.88. The SMILES string of the molecule is O=C(O)C1C/C(=C2/CCN(c3ccccc3)C2=O)c2c(Cl)cc(Cl)cc2N1. The standard InChI is InChI=1S/C20H16Cl2N2O3/c21-11-8-15(22)18-14(10-17(20(26)27)23-16(18)9-11)13-6-7-24(19(13)25)12-4-2-1-3-5-12/h1-5,8-9,17,23H,6-7,10H2,(H,26,27)/b14-13+. The van der Waals surface area contributed by atoms with Crippen LogP contribution in [0.1, 0.15) is 18.4 Å². The molecule has 0 aromatic heterocycles. The van der Waals surface area contributed by atoms with Gasteiger partial charge in [0.1, 0.15) is 6.04 Å². The molecule has 2 heterocycles. The third-order valence-corrected chi connectivity index (χ3v) is 5.43. The molecule has 7 heteroatoms. The molecule has 0 radical (unpaired) electrons. The molecule has 1 amide bonds. The van der Waals surface area contributed by atoms with Crippen molar-refractivity contribution in [1.29, 1.82) is 0 Å². The summed E-state index contributed by atoms with van der Waals surface area (Å²) in [6.07, 6.45) is 0.723. The van der Waals surface area contributed by atoms with Crippen LogP contribution in [0.3, 0.4) is 0 Å². The van der Waals surface area contributed by atoms with Gasteiger partial charge in [0.05, 0.1) is 5.02 Å². The molecule has 1 atom stereocenters. The van der Waals surface area contributed by atoms with Crippen molar-refractivity contribution in [3.63, 3.8) is 0 Å². The van der Waals surface area contributed by atoms with E-state index in [9.17, 15) is 14.7 Å². The number of hydrogen-bond acceptors (Lipinski definition) is 3. The van der Waals surface area contributed by atoms with E-state index in [-0.39, 0.29) is 12.3 Å². The zero-order valence-electron chi connectivity index (χ0n) is 14.2. The fourth-order valence-corrected chi connectivity index (χ4v) is 4.30. The molecule has 2 aliphatic heterocycles. The molecular weight excluding hydrogens is 387 g/mol. The third-order valence-electron chi connectivity index (χ3n) is 4.91. The van der Waals surface area contributed by atoms with Gasteiger partial charge in [0.25, 0.3) is 5.91 Å². The Morgan fingerprint density at radius 2 is 1.89 bits per heavy atom. The number of hydrogen-bond donors (Lipinski definition) is 2. The van der Waals surface area contributed by atoms with Crippen LogP contribution >= 0.6 is 23.2 Å². The first kappa shape index (κ1) is 17.9. The highest BCUT2D eigenvalue weighted by molar-refractivity contribution is 6.37.